The Morgan fingerprint density at radius 2 is 1.64 bits per heavy atom. The number of esters is 1. The summed E-state index contributed by atoms with van der Waals surface area (Å²) in [6.45, 7) is 6.43. The summed E-state index contributed by atoms with van der Waals surface area (Å²) < 4.78 is 15.5. The Morgan fingerprint density at radius 1 is 0.964 bits per heavy atom. The molecule has 2 aromatic carbocycles. The highest BCUT2D eigenvalue weighted by molar-refractivity contribution is 5.89. The second-order valence-corrected chi connectivity index (χ2v) is 5.80. The van der Waals surface area contributed by atoms with Gasteiger partial charge in [-0.2, -0.15) is 0 Å². The number of carbonyl (C=O) groups is 1. The first-order chi connectivity index (χ1) is 13.6. The Labute approximate surface area is 168 Å². The van der Waals surface area contributed by atoms with Crippen LogP contribution in [0.3, 0.4) is 0 Å². The molecule has 0 saturated heterocycles. The highest BCUT2D eigenvalue weighted by Crippen LogP contribution is 2.30. The molecule has 2 aromatic rings. The van der Waals surface area contributed by atoms with E-state index >= 15 is 0 Å². The van der Waals surface area contributed by atoms with Crippen LogP contribution in [-0.4, -0.2) is 39.2 Å². The van der Waals surface area contributed by atoms with E-state index in [0.717, 1.165) is 36.7 Å². The van der Waals surface area contributed by atoms with E-state index in [1.165, 1.54) is 25.3 Å². The van der Waals surface area contributed by atoms with Gasteiger partial charge in [0.15, 0.2) is 0 Å². The van der Waals surface area contributed by atoms with Gasteiger partial charge in [0.25, 0.3) is 0 Å². The van der Waals surface area contributed by atoms with Gasteiger partial charge < -0.3 is 19.9 Å². The third-order valence-electron chi connectivity index (χ3n) is 4.30. The van der Waals surface area contributed by atoms with Crippen LogP contribution in [-0.2, 0) is 24.4 Å². The zero-order valence-electron chi connectivity index (χ0n) is 17.7. The van der Waals surface area contributed by atoms with Crippen LogP contribution in [0.25, 0.3) is 0 Å². The molecule has 0 atom stereocenters. The van der Waals surface area contributed by atoms with Gasteiger partial charge in [-0.1, -0.05) is 26.0 Å². The van der Waals surface area contributed by atoms with Gasteiger partial charge in [0, 0.05) is 31.3 Å². The zero-order chi connectivity index (χ0) is 21.1. The Bertz CT molecular complexity index is 762. The Hall–Kier alpha value is -2.57. The molecule has 154 valence electrons. The number of carbonyl (C=O) groups excluding carboxylic acids is 1. The Kier molecular flexibility index (Phi) is 10.1. The van der Waals surface area contributed by atoms with Gasteiger partial charge >= 0.3 is 5.97 Å². The lowest BCUT2D eigenvalue weighted by Gasteiger charge is -2.17. The number of nitrogens with two attached hydrogens (primary N) is 1. The molecule has 6 heteroatoms. The van der Waals surface area contributed by atoms with E-state index in [1.54, 1.807) is 14.2 Å². The van der Waals surface area contributed by atoms with E-state index in [0.29, 0.717) is 5.56 Å². The van der Waals surface area contributed by atoms with Crippen molar-refractivity contribution in [2.24, 2.45) is 5.73 Å². The van der Waals surface area contributed by atoms with E-state index < -0.39 is 0 Å². The smallest absolute Gasteiger partial charge is 0.337 e. The third-order valence-corrected chi connectivity index (χ3v) is 4.30. The van der Waals surface area contributed by atoms with E-state index in [-0.39, 0.29) is 5.97 Å². The van der Waals surface area contributed by atoms with Crippen molar-refractivity contribution in [3.63, 3.8) is 0 Å². The second-order valence-electron chi connectivity index (χ2n) is 5.80. The lowest BCUT2D eigenvalue weighted by atomic mass is 10.1. The van der Waals surface area contributed by atoms with Gasteiger partial charge in [0.1, 0.15) is 11.5 Å². The van der Waals surface area contributed by atoms with Crippen molar-refractivity contribution in [2.75, 3.05) is 28.4 Å². The maximum atomic E-state index is 11.7. The third kappa shape index (κ3) is 5.71. The summed E-state index contributed by atoms with van der Waals surface area (Å²) in [6, 6.07) is 11.6. The van der Waals surface area contributed by atoms with Gasteiger partial charge in [-0.05, 0) is 36.4 Å². The lowest BCUT2D eigenvalue weighted by Crippen LogP contribution is -2.16. The number of fused-ring (bicyclic) bond motifs is 1. The standard InChI is InChI=1S/C19H21NO4.C2H6.CH5N/c1-22-17-7-6-15(18(9-17)23-2)11-20-10-14-5-4-13(19(21)24-3)8-16(14)12-20;2*1-2/h4-9H,10-12H2,1-3H3;1-2H3;2H2,1H3. The van der Waals surface area contributed by atoms with Crippen molar-refractivity contribution in [3.8, 4) is 11.5 Å². The van der Waals surface area contributed by atoms with Crippen LogP contribution in [0.2, 0.25) is 0 Å². The van der Waals surface area contributed by atoms with Crippen molar-refractivity contribution in [1.29, 1.82) is 0 Å². The monoisotopic (exact) mass is 388 g/mol. The molecular formula is C22H32N2O4. The molecule has 1 heterocycles. The van der Waals surface area contributed by atoms with Crippen molar-refractivity contribution in [3.05, 3.63) is 58.7 Å². The van der Waals surface area contributed by atoms with Crippen LogP contribution in [0.15, 0.2) is 36.4 Å². The van der Waals surface area contributed by atoms with Crippen molar-refractivity contribution < 1.29 is 19.0 Å². The fourth-order valence-electron chi connectivity index (χ4n) is 3.05. The molecule has 2 N–H and O–H groups in total. The van der Waals surface area contributed by atoms with Gasteiger partial charge in [0.05, 0.1) is 26.9 Å². The summed E-state index contributed by atoms with van der Waals surface area (Å²) in [5.41, 5.74) is 8.62. The molecule has 0 aliphatic carbocycles. The molecule has 0 fully saturated rings. The quantitative estimate of drug-likeness (QED) is 0.789. The van der Waals surface area contributed by atoms with Crippen LogP contribution in [0.5, 0.6) is 11.5 Å². The van der Waals surface area contributed by atoms with E-state index in [2.05, 4.69) is 10.6 Å². The number of nitrogens with zero attached hydrogens (tertiary/aromatic N) is 1. The molecule has 0 bridgehead atoms. The molecule has 6 nitrogen and oxygen atoms in total. The van der Waals surface area contributed by atoms with Crippen molar-refractivity contribution in [1.82, 2.24) is 4.90 Å². The minimum absolute atomic E-state index is 0.298. The first-order valence-corrected chi connectivity index (χ1v) is 9.35. The molecular weight excluding hydrogens is 356 g/mol. The van der Waals surface area contributed by atoms with Gasteiger partial charge in [-0.3, -0.25) is 4.90 Å². The van der Waals surface area contributed by atoms with Gasteiger partial charge in [-0.15, -0.1) is 0 Å². The fraction of sp³-hybridized carbons (Fsp3) is 0.409. The summed E-state index contributed by atoms with van der Waals surface area (Å²) in [7, 11) is 6.21. The predicted octanol–water partition coefficient (Wildman–Crippen LogP) is 3.61. The topological polar surface area (TPSA) is 74.0 Å². The largest absolute Gasteiger partial charge is 0.497 e. The summed E-state index contributed by atoms with van der Waals surface area (Å²) in [4.78, 5) is 14.0. The average molecular weight is 389 g/mol. The number of benzene rings is 2. The number of ether oxygens (including phenoxy) is 3. The number of methoxy groups -OCH3 is 3. The highest BCUT2D eigenvalue weighted by Gasteiger charge is 2.21. The normalized spacial score (nSPS) is 12.0. The van der Waals surface area contributed by atoms with E-state index in [1.807, 2.05) is 50.2 Å². The average Bonchev–Trinajstić information content (AvgIpc) is 3.17. The SMILES string of the molecule is CC.CN.COC(=O)c1ccc2c(c1)CN(Cc1ccc(OC)cc1OC)C2. The number of hydrogen-bond donors (Lipinski definition) is 1. The molecule has 28 heavy (non-hydrogen) atoms. The van der Waals surface area contributed by atoms with Crippen LogP contribution < -0.4 is 15.2 Å². The molecule has 0 spiro atoms. The molecule has 1 aliphatic heterocycles. The van der Waals surface area contributed by atoms with Crippen LogP contribution in [0.1, 0.15) is 40.9 Å². The molecule has 0 aromatic heterocycles. The minimum atomic E-state index is -0.298. The molecule has 0 radical (unpaired) electrons. The molecule has 0 amide bonds. The number of rotatable bonds is 5. The summed E-state index contributed by atoms with van der Waals surface area (Å²) >= 11 is 0. The van der Waals surface area contributed by atoms with E-state index in [9.17, 15) is 4.79 Å². The summed E-state index contributed by atoms with van der Waals surface area (Å²) in [5.74, 6) is 1.30. The maximum absolute atomic E-state index is 11.7. The Morgan fingerprint density at radius 3 is 2.25 bits per heavy atom. The van der Waals surface area contributed by atoms with Crippen LogP contribution in [0.4, 0.5) is 0 Å². The zero-order valence-corrected chi connectivity index (χ0v) is 17.7. The van der Waals surface area contributed by atoms with Crippen LogP contribution in [0, 0.1) is 0 Å². The molecule has 1 aliphatic rings. The Balaban J connectivity index is 0.000000921. The first-order valence-electron chi connectivity index (χ1n) is 9.35. The first kappa shape index (κ1) is 23.5. The molecule has 3 rings (SSSR count). The van der Waals surface area contributed by atoms with E-state index in [4.69, 9.17) is 14.2 Å². The maximum Gasteiger partial charge on any atom is 0.337 e. The van der Waals surface area contributed by atoms with Crippen molar-refractivity contribution in [2.45, 2.75) is 33.5 Å². The minimum Gasteiger partial charge on any atom is -0.497 e. The number of hydrogen-bond acceptors (Lipinski definition) is 6. The van der Waals surface area contributed by atoms with Gasteiger partial charge in [0.2, 0.25) is 0 Å². The second kappa shape index (κ2) is 12.0. The lowest BCUT2D eigenvalue weighted by molar-refractivity contribution is 0.0600. The predicted molar refractivity (Wildman–Crippen MR) is 112 cm³/mol. The summed E-state index contributed by atoms with van der Waals surface area (Å²) in [6.07, 6.45) is 0. The van der Waals surface area contributed by atoms with Crippen LogP contribution >= 0.6 is 0 Å². The fourth-order valence-corrected chi connectivity index (χ4v) is 3.05. The van der Waals surface area contributed by atoms with Crippen molar-refractivity contribution >= 4 is 5.97 Å². The highest BCUT2D eigenvalue weighted by atomic mass is 16.5. The molecule has 0 unspecified atom stereocenters. The summed E-state index contributed by atoms with van der Waals surface area (Å²) in [5, 5.41) is 0. The molecule has 0 saturated carbocycles. The van der Waals surface area contributed by atoms with Gasteiger partial charge in [-0.25, -0.2) is 4.79 Å².